The Labute approximate surface area is 102 Å². The summed E-state index contributed by atoms with van der Waals surface area (Å²) in [4.78, 5) is 11.8. The van der Waals surface area contributed by atoms with Crippen LogP contribution in [0.1, 0.15) is 31.2 Å². The number of hydrogen-bond acceptors (Lipinski definition) is 3. The van der Waals surface area contributed by atoms with E-state index < -0.39 is 0 Å². The van der Waals surface area contributed by atoms with Crippen molar-refractivity contribution in [1.82, 2.24) is 5.32 Å². The average Bonchev–Trinajstić information content (AvgIpc) is 2.66. The number of rotatable bonds is 3. The molecule has 0 radical (unpaired) electrons. The zero-order chi connectivity index (χ0) is 11.9. The van der Waals surface area contributed by atoms with Gasteiger partial charge in [-0.2, -0.15) is 0 Å². The van der Waals surface area contributed by atoms with Gasteiger partial charge in [0.1, 0.15) is 12.6 Å². The van der Waals surface area contributed by atoms with E-state index in [4.69, 9.17) is 4.74 Å². The number of esters is 1. The maximum absolute atomic E-state index is 11.8. The molecule has 3 nitrogen and oxygen atoms in total. The summed E-state index contributed by atoms with van der Waals surface area (Å²) in [5.41, 5.74) is 1.04. The standard InChI is InChI=1S/C14H19NO2/c16-14(13-9-5-2-6-10-15-13)17-11-12-7-3-1-4-8-12/h1,3-4,7-8,13,15H,2,5-6,9-11H2. The Morgan fingerprint density at radius 1 is 1.24 bits per heavy atom. The molecule has 1 N–H and O–H groups in total. The highest BCUT2D eigenvalue weighted by Crippen LogP contribution is 2.10. The lowest BCUT2D eigenvalue weighted by Crippen LogP contribution is -2.37. The molecule has 1 fully saturated rings. The smallest absolute Gasteiger partial charge is 0.323 e. The molecule has 17 heavy (non-hydrogen) atoms. The molecule has 3 heteroatoms. The monoisotopic (exact) mass is 233 g/mol. The van der Waals surface area contributed by atoms with E-state index in [1.54, 1.807) is 0 Å². The Morgan fingerprint density at radius 2 is 2.06 bits per heavy atom. The van der Waals surface area contributed by atoms with Gasteiger partial charge < -0.3 is 10.1 Å². The van der Waals surface area contributed by atoms with E-state index in [1.807, 2.05) is 30.3 Å². The van der Waals surface area contributed by atoms with E-state index in [9.17, 15) is 4.79 Å². The highest BCUT2D eigenvalue weighted by Gasteiger charge is 2.20. The van der Waals surface area contributed by atoms with Gasteiger partial charge in [-0.25, -0.2) is 0 Å². The van der Waals surface area contributed by atoms with E-state index in [-0.39, 0.29) is 12.0 Å². The lowest BCUT2D eigenvalue weighted by molar-refractivity contribution is -0.147. The SMILES string of the molecule is O=C(OCc1ccccc1)C1CCCCCN1. The first kappa shape index (κ1) is 12.1. The third kappa shape index (κ3) is 3.86. The second kappa shape index (κ2) is 6.40. The van der Waals surface area contributed by atoms with E-state index >= 15 is 0 Å². The van der Waals surface area contributed by atoms with Gasteiger partial charge in [-0.15, -0.1) is 0 Å². The van der Waals surface area contributed by atoms with Crippen LogP contribution in [0.3, 0.4) is 0 Å². The van der Waals surface area contributed by atoms with Crippen LogP contribution in [-0.4, -0.2) is 18.6 Å². The molecule has 0 bridgehead atoms. The molecule has 1 atom stereocenters. The van der Waals surface area contributed by atoms with Crippen molar-refractivity contribution in [2.24, 2.45) is 0 Å². The summed E-state index contributed by atoms with van der Waals surface area (Å²) in [6, 6.07) is 9.68. The maximum atomic E-state index is 11.8. The Balaban J connectivity index is 1.80. The van der Waals surface area contributed by atoms with Crippen LogP contribution >= 0.6 is 0 Å². The van der Waals surface area contributed by atoms with Crippen LogP contribution in [0.4, 0.5) is 0 Å². The predicted molar refractivity (Wildman–Crippen MR) is 66.5 cm³/mol. The normalized spacial score (nSPS) is 20.6. The fourth-order valence-electron chi connectivity index (χ4n) is 2.06. The van der Waals surface area contributed by atoms with Crippen molar-refractivity contribution in [3.63, 3.8) is 0 Å². The topological polar surface area (TPSA) is 38.3 Å². The second-order valence-electron chi connectivity index (χ2n) is 4.45. The molecule has 0 aliphatic carbocycles. The van der Waals surface area contributed by atoms with Gasteiger partial charge in [0.05, 0.1) is 0 Å². The van der Waals surface area contributed by atoms with E-state index in [0.29, 0.717) is 6.61 Å². The largest absolute Gasteiger partial charge is 0.460 e. The highest BCUT2D eigenvalue weighted by molar-refractivity contribution is 5.75. The summed E-state index contributed by atoms with van der Waals surface area (Å²) >= 11 is 0. The molecule has 1 saturated heterocycles. The van der Waals surface area contributed by atoms with E-state index in [0.717, 1.165) is 31.4 Å². The lowest BCUT2D eigenvalue weighted by Gasteiger charge is -2.14. The number of hydrogen-bond donors (Lipinski definition) is 1. The van der Waals surface area contributed by atoms with Crippen LogP contribution in [-0.2, 0) is 16.1 Å². The molecule has 1 aliphatic heterocycles. The van der Waals surface area contributed by atoms with Gasteiger partial charge >= 0.3 is 5.97 Å². The molecular weight excluding hydrogens is 214 g/mol. The van der Waals surface area contributed by atoms with Gasteiger partial charge in [-0.3, -0.25) is 4.79 Å². The number of carbonyl (C=O) groups is 1. The molecule has 1 heterocycles. The number of benzene rings is 1. The van der Waals surface area contributed by atoms with Crippen LogP contribution in [0.2, 0.25) is 0 Å². The average molecular weight is 233 g/mol. The summed E-state index contributed by atoms with van der Waals surface area (Å²) in [6.45, 7) is 1.29. The Hall–Kier alpha value is -1.35. The lowest BCUT2D eigenvalue weighted by atomic mass is 10.1. The summed E-state index contributed by atoms with van der Waals surface area (Å²) in [5, 5.41) is 3.24. The maximum Gasteiger partial charge on any atom is 0.323 e. The Kier molecular flexibility index (Phi) is 4.56. The summed E-state index contributed by atoms with van der Waals surface area (Å²) in [7, 11) is 0. The van der Waals surface area contributed by atoms with Crippen molar-refractivity contribution < 1.29 is 9.53 Å². The van der Waals surface area contributed by atoms with E-state index in [2.05, 4.69) is 5.32 Å². The number of nitrogens with one attached hydrogen (secondary N) is 1. The highest BCUT2D eigenvalue weighted by atomic mass is 16.5. The molecule has 1 aromatic carbocycles. The fourth-order valence-corrected chi connectivity index (χ4v) is 2.06. The minimum absolute atomic E-state index is 0.110. The van der Waals surface area contributed by atoms with Crippen molar-refractivity contribution in [3.8, 4) is 0 Å². The molecule has 1 aromatic rings. The van der Waals surface area contributed by atoms with E-state index in [1.165, 1.54) is 6.42 Å². The van der Waals surface area contributed by atoms with Crippen molar-refractivity contribution >= 4 is 5.97 Å². The Bertz CT molecular complexity index is 342. The third-order valence-corrected chi connectivity index (χ3v) is 3.07. The Morgan fingerprint density at radius 3 is 2.88 bits per heavy atom. The fraction of sp³-hybridized carbons (Fsp3) is 0.500. The number of carbonyl (C=O) groups excluding carboxylic acids is 1. The molecule has 0 amide bonds. The van der Waals surface area contributed by atoms with Crippen molar-refractivity contribution in [2.75, 3.05) is 6.54 Å². The zero-order valence-corrected chi connectivity index (χ0v) is 10.0. The second-order valence-corrected chi connectivity index (χ2v) is 4.45. The summed E-state index contributed by atoms with van der Waals surface area (Å²) < 4.78 is 5.32. The van der Waals surface area contributed by atoms with Gasteiger partial charge in [0.15, 0.2) is 0 Å². The van der Waals surface area contributed by atoms with Gasteiger partial charge in [-0.1, -0.05) is 43.2 Å². The molecule has 92 valence electrons. The molecule has 0 spiro atoms. The summed E-state index contributed by atoms with van der Waals surface area (Å²) in [5.74, 6) is -0.115. The molecule has 2 rings (SSSR count). The van der Waals surface area contributed by atoms with Crippen LogP contribution < -0.4 is 5.32 Å². The minimum Gasteiger partial charge on any atom is -0.460 e. The van der Waals surface area contributed by atoms with Crippen LogP contribution in [0.5, 0.6) is 0 Å². The zero-order valence-electron chi connectivity index (χ0n) is 10.0. The molecule has 1 unspecified atom stereocenters. The van der Waals surface area contributed by atoms with Crippen LogP contribution in [0.25, 0.3) is 0 Å². The first-order chi connectivity index (χ1) is 8.36. The first-order valence-corrected chi connectivity index (χ1v) is 6.30. The quantitative estimate of drug-likeness (QED) is 0.814. The molecule has 0 aromatic heterocycles. The van der Waals surface area contributed by atoms with Gasteiger partial charge in [0.2, 0.25) is 0 Å². The minimum atomic E-state index is -0.115. The van der Waals surface area contributed by atoms with Crippen molar-refractivity contribution in [2.45, 2.75) is 38.3 Å². The van der Waals surface area contributed by atoms with Gasteiger partial charge in [0, 0.05) is 0 Å². The van der Waals surface area contributed by atoms with Crippen LogP contribution in [0, 0.1) is 0 Å². The molecule has 0 saturated carbocycles. The first-order valence-electron chi connectivity index (χ1n) is 6.30. The van der Waals surface area contributed by atoms with Crippen LogP contribution in [0.15, 0.2) is 30.3 Å². The molecular formula is C14H19NO2. The number of ether oxygens (including phenoxy) is 1. The van der Waals surface area contributed by atoms with Crippen molar-refractivity contribution in [3.05, 3.63) is 35.9 Å². The predicted octanol–water partition coefficient (Wildman–Crippen LogP) is 2.26. The van der Waals surface area contributed by atoms with Gasteiger partial charge in [0.25, 0.3) is 0 Å². The summed E-state index contributed by atoms with van der Waals surface area (Å²) in [6.07, 6.45) is 4.36. The third-order valence-electron chi connectivity index (χ3n) is 3.07. The van der Waals surface area contributed by atoms with Crippen molar-refractivity contribution in [1.29, 1.82) is 0 Å². The molecule has 1 aliphatic rings. The van der Waals surface area contributed by atoms with Gasteiger partial charge in [-0.05, 0) is 24.9 Å².